The summed E-state index contributed by atoms with van der Waals surface area (Å²) in [6.07, 6.45) is 0.973. The fraction of sp³-hybridized carbons (Fsp3) is 0.250. The van der Waals surface area contributed by atoms with Crippen LogP contribution in [-0.4, -0.2) is 38.1 Å². The SMILES string of the molecule is CN(C)CCCOc1ccc2sc(C(=O)Nc3ccccc3N)cc2c1. The third-order valence-electron chi connectivity index (χ3n) is 3.94. The number of para-hydroxylation sites is 2. The Hall–Kier alpha value is -2.57. The van der Waals surface area contributed by atoms with E-state index in [1.54, 1.807) is 12.1 Å². The lowest BCUT2D eigenvalue weighted by molar-refractivity contribution is 0.103. The Morgan fingerprint density at radius 3 is 2.77 bits per heavy atom. The number of rotatable bonds is 7. The highest BCUT2D eigenvalue weighted by atomic mass is 32.1. The number of nitrogen functional groups attached to an aromatic ring is 1. The molecule has 3 N–H and O–H groups in total. The number of hydrogen-bond donors (Lipinski definition) is 2. The predicted octanol–water partition coefficient (Wildman–Crippen LogP) is 4.07. The highest BCUT2D eigenvalue weighted by molar-refractivity contribution is 7.20. The number of benzene rings is 2. The van der Waals surface area contributed by atoms with E-state index in [-0.39, 0.29) is 5.91 Å². The number of carbonyl (C=O) groups excluding carboxylic acids is 1. The Kier molecular flexibility index (Phi) is 5.75. The number of thiophene rings is 1. The maximum absolute atomic E-state index is 12.5. The zero-order valence-corrected chi connectivity index (χ0v) is 15.8. The van der Waals surface area contributed by atoms with Crippen LogP contribution < -0.4 is 15.8 Å². The highest BCUT2D eigenvalue weighted by Crippen LogP contribution is 2.30. The van der Waals surface area contributed by atoms with Crippen LogP contribution >= 0.6 is 11.3 Å². The monoisotopic (exact) mass is 369 g/mol. The first-order valence-corrected chi connectivity index (χ1v) is 9.31. The molecule has 0 unspecified atom stereocenters. The van der Waals surface area contributed by atoms with Gasteiger partial charge in [0.15, 0.2) is 0 Å². The minimum Gasteiger partial charge on any atom is -0.494 e. The Bertz CT molecular complexity index is 905. The largest absolute Gasteiger partial charge is 0.494 e. The Labute approximate surface area is 157 Å². The first-order chi connectivity index (χ1) is 12.5. The number of hydrogen-bond acceptors (Lipinski definition) is 5. The molecule has 2 aromatic carbocycles. The van der Waals surface area contributed by atoms with E-state index in [4.69, 9.17) is 10.5 Å². The fourth-order valence-corrected chi connectivity index (χ4v) is 3.53. The molecule has 0 fully saturated rings. The van der Waals surface area contributed by atoms with Crippen LogP contribution in [0.15, 0.2) is 48.5 Å². The second kappa shape index (κ2) is 8.21. The Morgan fingerprint density at radius 1 is 1.19 bits per heavy atom. The van der Waals surface area contributed by atoms with Crippen molar-refractivity contribution < 1.29 is 9.53 Å². The summed E-state index contributed by atoms with van der Waals surface area (Å²) in [5.41, 5.74) is 7.06. The molecule has 0 saturated heterocycles. The average molecular weight is 369 g/mol. The maximum Gasteiger partial charge on any atom is 0.265 e. The van der Waals surface area contributed by atoms with Gasteiger partial charge < -0.3 is 20.7 Å². The first-order valence-electron chi connectivity index (χ1n) is 8.50. The van der Waals surface area contributed by atoms with Crippen molar-refractivity contribution in [2.45, 2.75) is 6.42 Å². The zero-order valence-electron chi connectivity index (χ0n) is 15.0. The van der Waals surface area contributed by atoms with Crippen LogP contribution in [0.1, 0.15) is 16.1 Å². The van der Waals surface area contributed by atoms with Crippen molar-refractivity contribution in [2.75, 3.05) is 38.3 Å². The molecule has 5 nitrogen and oxygen atoms in total. The molecule has 0 bridgehead atoms. The quantitative estimate of drug-likeness (QED) is 0.487. The molecule has 136 valence electrons. The summed E-state index contributed by atoms with van der Waals surface area (Å²) in [4.78, 5) is 15.3. The summed E-state index contributed by atoms with van der Waals surface area (Å²) in [6.45, 7) is 1.67. The summed E-state index contributed by atoms with van der Waals surface area (Å²) in [7, 11) is 4.10. The lowest BCUT2D eigenvalue weighted by atomic mass is 10.2. The topological polar surface area (TPSA) is 67.6 Å². The smallest absolute Gasteiger partial charge is 0.265 e. The molecule has 1 heterocycles. The summed E-state index contributed by atoms with van der Waals surface area (Å²) in [5, 5.41) is 3.87. The molecule has 0 aliphatic rings. The van der Waals surface area contributed by atoms with E-state index in [0.29, 0.717) is 22.9 Å². The second-order valence-electron chi connectivity index (χ2n) is 6.36. The number of fused-ring (bicyclic) bond motifs is 1. The van der Waals surface area contributed by atoms with Gasteiger partial charge in [-0.2, -0.15) is 0 Å². The molecule has 6 heteroatoms. The van der Waals surface area contributed by atoms with E-state index < -0.39 is 0 Å². The predicted molar refractivity (Wildman–Crippen MR) is 109 cm³/mol. The average Bonchev–Trinajstić information content (AvgIpc) is 3.04. The third kappa shape index (κ3) is 4.53. The van der Waals surface area contributed by atoms with Crippen molar-refractivity contribution in [1.82, 2.24) is 4.90 Å². The molecule has 3 aromatic rings. The van der Waals surface area contributed by atoms with E-state index in [9.17, 15) is 4.79 Å². The fourth-order valence-electron chi connectivity index (χ4n) is 2.59. The van der Waals surface area contributed by atoms with Crippen LogP contribution in [-0.2, 0) is 0 Å². The normalized spacial score (nSPS) is 11.0. The van der Waals surface area contributed by atoms with Gasteiger partial charge in [0, 0.05) is 11.2 Å². The number of nitrogens with two attached hydrogens (primary N) is 1. The molecular formula is C20H23N3O2S. The molecule has 0 aliphatic carbocycles. The summed E-state index contributed by atoms with van der Waals surface area (Å²) in [6, 6.07) is 15.1. The van der Waals surface area contributed by atoms with E-state index in [1.807, 2.05) is 50.5 Å². The molecule has 0 atom stereocenters. The minimum absolute atomic E-state index is 0.155. The molecule has 1 aromatic heterocycles. The van der Waals surface area contributed by atoms with Crippen molar-refractivity contribution >= 4 is 38.7 Å². The number of carbonyl (C=O) groups is 1. The molecule has 0 spiro atoms. The molecule has 26 heavy (non-hydrogen) atoms. The number of ether oxygens (including phenoxy) is 1. The van der Waals surface area contributed by atoms with Gasteiger partial charge in [-0.05, 0) is 62.3 Å². The van der Waals surface area contributed by atoms with Crippen molar-refractivity contribution in [2.24, 2.45) is 0 Å². The Morgan fingerprint density at radius 2 is 2.00 bits per heavy atom. The van der Waals surface area contributed by atoms with Crippen molar-refractivity contribution in [3.63, 3.8) is 0 Å². The van der Waals surface area contributed by atoms with E-state index in [2.05, 4.69) is 10.2 Å². The molecule has 0 saturated carbocycles. The van der Waals surface area contributed by atoms with Crippen LogP contribution in [0.4, 0.5) is 11.4 Å². The van der Waals surface area contributed by atoms with Gasteiger partial charge >= 0.3 is 0 Å². The van der Waals surface area contributed by atoms with Gasteiger partial charge in [-0.1, -0.05) is 12.1 Å². The maximum atomic E-state index is 12.5. The van der Waals surface area contributed by atoms with Crippen LogP contribution in [0.2, 0.25) is 0 Å². The molecule has 3 rings (SSSR count). The standard InChI is InChI=1S/C20H23N3O2S/c1-23(2)10-5-11-25-15-8-9-18-14(12-15)13-19(26-18)20(24)22-17-7-4-3-6-16(17)21/h3-4,6-9,12-13H,5,10-11,21H2,1-2H3,(H,22,24). The van der Waals surface area contributed by atoms with Crippen molar-refractivity contribution in [1.29, 1.82) is 0 Å². The van der Waals surface area contributed by atoms with Crippen LogP contribution in [0, 0.1) is 0 Å². The summed E-state index contributed by atoms with van der Waals surface area (Å²) < 4.78 is 6.86. The van der Waals surface area contributed by atoms with E-state index in [0.717, 1.165) is 28.8 Å². The summed E-state index contributed by atoms with van der Waals surface area (Å²) >= 11 is 1.46. The lowest BCUT2D eigenvalue weighted by Gasteiger charge is -2.10. The second-order valence-corrected chi connectivity index (χ2v) is 7.44. The van der Waals surface area contributed by atoms with Crippen molar-refractivity contribution in [3.05, 3.63) is 53.4 Å². The van der Waals surface area contributed by atoms with Gasteiger partial charge in [0.05, 0.1) is 22.9 Å². The van der Waals surface area contributed by atoms with Crippen LogP contribution in [0.3, 0.4) is 0 Å². The van der Waals surface area contributed by atoms with Crippen LogP contribution in [0.5, 0.6) is 5.75 Å². The highest BCUT2D eigenvalue weighted by Gasteiger charge is 2.12. The molecular weight excluding hydrogens is 346 g/mol. The summed E-state index contributed by atoms with van der Waals surface area (Å²) in [5.74, 6) is 0.672. The zero-order chi connectivity index (χ0) is 18.5. The van der Waals surface area contributed by atoms with Gasteiger partial charge in [0.25, 0.3) is 5.91 Å². The van der Waals surface area contributed by atoms with E-state index >= 15 is 0 Å². The molecule has 0 aliphatic heterocycles. The number of amides is 1. The number of nitrogens with one attached hydrogen (secondary N) is 1. The lowest BCUT2D eigenvalue weighted by Crippen LogP contribution is -2.15. The molecule has 1 amide bonds. The number of anilines is 2. The van der Waals surface area contributed by atoms with Gasteiger partial charge in [0.1, 0.15) is 5.75 Å². The van der Waals surface area contributed by atoms with Gasteiger partial charge in [-0.3, -0.25) is 4.79 Å². The number of nitrogens with zero attached hydrogens (tertiary/aromatic N) is 1. The third-order valence-corrected chi connectivity index (χ3v) is 5.05. The minimum atomic E-state index is -0.155. The Balaban J connectivity index is 1.68. The molecule has 0 radical (unpaired) electrons. The van der Waals surface area contributed by atoms with Gasteiger partial charge in [-0.25, -0.2) is 0 Å². The van der Waals surface area contributed by atoms with Gasteiger partial charge in [0.2, 0.25) is 0 Å². The van der Waals surface area contributed by atoms with Gasteiger partial charge in [-0.15, -0.1) is 11.3 Å². The first kappa shape index (κ1) is 18.2. The van der Waals surface area contributed by atoms with E-state index in [1.165, 1.54) is 11.3 Å². The van der Waals surface area contributed by atoms with Crippen LogP contribution in [0.25, 0.3) is 10.1 Å². The van der Waals surface area contributed by atoms with Crippen molar-refractivity contribution in [3.8, 4) is 5.75 Å².